The predicted molar refractivity (Wildman–Crippen MR) is 122 cm³/mol. The third-order valence-corrected chi connectivity index (χ3v) is 7.30. The van der Waals surface area contributed by atoms with Gasteiger partial charge in [-0.3, -0.25) is 9.59 Å². The number of ether oxygens (including phenoxy) is 1. The van der Waals surface area contributed by atoms with Crippen molar-refractivity contribution in [2.45, 2.75) is 49.3 Å². The zero-order chi connectivity index (χ0) is 24.8. The summed E-state index contributed by atoms with van der Waals surface area (Å²) in [5.74, 6) is -1.75. The molecule has 3 fully saturated rings. The standard InChI is InChI=1S/C24H23ClF2N4O4/c25-16-3-2-15(9-17(16)27)35-13-21(33)29-24-7-5-23(6-8-24,10-19(24)32)30-22(34)18-12-31-11-14(26)1-4-20(31)28-18/h1-4,9,11-12,19,32H,5-8,10,13H2,(H,29,33)(H,30,34). The van der Waals surface area contributed by atoms with Crippen LogP contribution in [-0.4, -0.2) is 50.1 Å². The Morgan fingerprint density at radius 1 is 1.14 bits per heavy atom. The van der Waals surface area contributed by atoms with Gasteiger partial charge in [0.25, 0.3) is 11.8 Å². The van der Waals surface area contributed by atoms with E-state index in [1.165, 1.54) is 41.1 Å². The Balaban J connectivity index is 1.20. The third kappa shape index (κ3) is 4.55. The molecular weight excluding hydrogens is 482 g/mol. The number of aliphatic hydroxyl groups excluding tert-OH is 1. The van der Waals surface area contributed by atoms with Gasteiger partial charge in [-0.25, -0.2) is 13.8 Å². The number of aromatic nitrogens is 2. The van der Waals surface area contributed by atoms with Crippen LogP contribution in [0.1, 0.15) is 42.6 Å². The van der Waals surface area contributed by atoms with Crippen LogP contribution in [0, 0.1) is 11.6 Å². The molecule has 8 nitrogen and oxygen atoms in total. The van der Waals surface area contributed by atoms with Crippen LogP contribution in [0.25, 0.3) is 5.65 Å². The molecule has 184 valence electrons. The molecule has 11 heteroatoms. The molecule has 2 aromatic heterocycles. The van der Waals surface area contributed by atoms with Crippen molar-refractivity contribution < 1.29 is 28.2 Å². The fraction of sp³-hybridized carbons (Fsp3) is 0.375. The Morgan fingerprint density at radius 2 is 1.91 bits per heavy atom. The van der Waals surface area contributed by atoms with E-state index in [2.05, 4.69) is 15.6 Å². The monoisotopic (exact) mass is 504 g/mol. The Kier molecular flexibility index (Phi) is 5.88. The average Bonchev–Trinajstić information content (AvgIpc) is 3.24. The first-order valence-corrected chi connectivity index (χ1v) is 11.6. The molecule has 3 aliphatic carbocycles. The van der Waals surface area contributed by atoms with Crippen molar-refractivity contribution >= 4 is 29.1 Å². The second-order valence-electron chi connectivity index (χ2n) is 9.26. The van der Waals surface area contributed by atoms with E-state index in [1.54, 1.807) is 0 Å². The maximum Gasteiger partial charge on any atom is 0.271 e. The van der Waals surface area contributed by atoms with Crippen LogP contribution < -0.4 is 15.4 Å². The van der Waals surface area contributed by atoms with Crippen LogP contribution in [0.2, 0.25) is 5.02 Å². The minimum atomic E-state index is -0.877. The Hall–Kier alpha value is -3.24. The number of nitrogens with zero attached hydrogens (tertiary/aromatic N) is 2. The summed E-state index contributed by atoms with van der Waals surface area (Å²) in [6.45, 7) is -0.341. The summed E-state index contributed by atoms with van der Waals surface area (Å²) in [7, 11) is 0. The lowest BCUT2D eigenvalue weighted by Gasteiger charge is -2.56. The van der Waals surface area contributed by atoms with Gasteiger partial charge < -0.3 is 24.9 Å². The quantitative estimate of drug-likeness (QED) is 0.478. The summed E-state index contributed by atoms with van der Waals surface area (Å²) >= 11 is 5.65. The predicted octanol–water partition coefficient (Wildman–Crippen LogP) is 3.01. The molecule has 2 heterocycles. The van der Waals surface area contributed by atoms with E-state index in [-0.39, 0.29) is 29.5 Å². The lowest BCUT2D eigenvalue weighted by atomic mass is 9.60. The van der Waals surface area contributed by atoms with Gasteiger partial charge >= 0.3 is 0 Å². The number of aliphatic hydroxyl groups is 1. The van der Waals surface area contributed by atoms with Gasteiger partial charge in [-0.15, -0.1) is 0 Å². The molecule has 0 saturated heterocycles. The maximum absolute atomic E-state index is 13.6. The number of carbonyl (C=O) groups is 2. The Bertz CT molecular complexity index is 1310. The van der Waals surface area contributed by atoms with Crippen molar-refractivity contribution in [3.05, 3.63) is 65.1 Å². The van der Waals surface area contributed by atoms with Gasteiger partial charge in [0.1, 0.15) is 28.7 Å². The van der Waals surface area contributed by atoms with Crippen LogP contribution in [0.5, 0.6) is 5.75 Å². The van der Waals surface area contributed by atoms with Crippen LogP contribution in [0.4, 0.5) is 8.78 Å². The van der Waals surface area contributed by atoms with Crippen molar-refractivity contribution in [1.29, 1.82) is 0 Å². The van der Waals surface area contributed by atoms with Crippen LogP contribution >= 0.6 is 11.6 Å². The molecule has 6 rings (SSSR count). The van der Waals surface area contributed by atoms with E-state index in [0.29, 0.717) is 31.3 Å². The van der Waals surface area contributed by atoms with Crippen LogP contribution in [0.3, 0.4) is 0 Å². The van der Waals surface area contributed by atoms with E-state index in [1.807, 2.05) is 0 Å². The average molecular weight is 505 g/mol. The van der Waals surface area contributed by atoms with Gasteiger partial charge in [0.05, 0.1) is 16.7 Å². The molecule has 0 spiro atoms. The molecule has 3 N–H and O–H groups in total. The number of imidazole rings is 1. The van der Waals surface area contributed by atoms with E-state index in [4.69, 9.17) is 16.3 Å². The molecule has 2 amide bonds. The first-order chi connectivity index (χ1) is 16.7. The molecule has 0 aliphatic heterocycles. The number of carbonyl (C=O) groups excluding carboxylic acids is 2. The molecule has 1 atom stereocenters. The normalized spacial score (nSPS) is 25.4. The molecule has 3 aromatic rings. The number of fused-ring (bicyclic) bond motifs is 4. The second-order valence-corrected chi connectivity index (χ2v) is 9.67. The van der Waals surface area contributed by atoms with Gasteiger partial charge in [-0.05, 0) is 56.4 Å². The summed E-state index contributed by atoms with van der Waals surface area (Å²) < 4.78 is 33.8. The number of hydrogen-bond acceptors (Lipinski definition) is 5. The van der Waals surface area contributed by atoms with Crippen molar-refractivity contribution in [3.63, 3.8) is 0 Å². The summed E-state index contributed by atoms with van der Waals surface area (Å²) in [5, 5.41) is 16.8. The van der Waals surface area contributed by atoms with Gasteiger partial charge in [-0.1, -0.05) is 11.6 Å². The lowest BCUT2D eigenvalue weighted by molar-refractivity contribution is -0.132. The Morgan fingerprint density at radius 3 is 2.63 bits per heavy atom. The highest BCUT2D eigenvalue weighted by Gasteiger charge is 2.55. The van der Waals surface area contributed by atoms with E-state index in [9.17, 15) is 23.5 Å². The number of rotatable bonds is 6. The van der Waals surface area contributed by atoms with Crippen LogP contribution in [0.15, 0.2) is 42.7 Å². The van der Waals surface area contributed by atoms with Gasteiger partial charge in [0.15, 0.2) is 6.61 Å². The van der Waals surface area contributed by atoms with Crippen molar-refractivity contribution in [3.8, 4) is 5.75 Å². The Labute approximate surface area is 204 Å². The molecule has 1 unspecified atom stereocenters. The topological polar surface area (TPSA) is 105 Å². The summed E-state index contributed by atoms with van der Waals surface area (Å²) in [4.78, 5) is 29.7. The number of pyridine rings is 1. The van der Waals surface area contributed by atoms with Crippen molar-refractivity contribution in [2.24, 2.45) is 0 Å². The van der Waals surface area contributed by atoms with E-state index < -0.39 is 40.6 Å². The molecule has 35 heavy (non-hydrogen) atoms. The fourth-order valence-corrected chi connectivity index (χ4v) is 5.19. The number of hydrogen-bond donors (Lipinski definition) is 3. The lowest BCUT2D eigenvalue weighted by Crippen LogP contribution is -2.70. The van der Waals surface area contributed by atoms with Gasteiger partial charge in [-0.2, -0.15) is 0 Å². The molecule has 3 aliphatic rings. The van der Waals surface area contributed by atoms with Gasteiger partial charge in [0, 0.05) is 24.0 Å². The van der Waals surface area contributed by atoms with Crippen molar-refractivity contribution in [2.75, 3.05) is 6.61 Å². The first-order valence-electron chi connectivity index (χ1n) is 11.2. The molecular formula is C24H23ClF2N4O4. The van der Waals surface area contributed by atoms with E-state index >= 15 is 0 Å². The molecule has 2 bridgehead atoms. The summed E-state index contributed by atoms with van der Waals surface area (Å²) in [5.41, 5.74) is -0.835. The smallest absolute Gasteiger partial charge is 0.271 e. The third-order valence-electron chi connectivity index (χ3n) is 7.00. The summed E-state index contributed by atoms with van der Waals surface area (Å²) in [6.07, 6.45) is 4.14. The molecule has 1 aromatic carbocycles. The largest absolute Gasteiger partial charge is 0.484 e. The highest BCUT2D eigenvalue weighted by molar-refractivity contribution is 6.30. The SMILES string of the molecule is O=C(COc1ccc(Cl)c(F)c1)NC12CCC(NC(=O)c3cn4cc(F)ccc4n3)(CC1)CC2O. The van der Waals surface area contributed by atoms with Crippen LogP contribution in [-0.2, 0) is 4.79 Å². The second kappa shape index (κ2) is 8.76. The molecule has 3 saturated carbocycles. The molecule has 0 radical (unpaired) electrons. The minimum absolute atomic E-state index is 0.0427. The minimum Gasteiger partial charge on any atom is -0.484 e. The van der Waals surface area contributed by atoms with Crippen molar-refractivity contribution in [1.82, 2.24) is 20.0 Å². The number of amides is 2. The number of benzene rings is 1. The fourth-order valence-electron chi connectivity index (χ4n) is 5.07. The number of nitrogens with one attached hydrogen (secondary N) is 2. The number of halogens is 3. The highest BCUT2D eigenvalue weighted by Crippen LogP contribution is 2.47. The zero-order valence-electron chi connectivity index (χ0n) is 18.6. The maximum atomic E-state index is 13.6. The highest BCUT2D eigenvalue weighted by atomic mass is 35.5. The van der Waals surface area contributed by atoms with Gasteiger partial charge in [0.2, 0.25) is 0 Å². The zero-order valence-corrected chi connectivity index (χ0v) is 19.3. The van der Waals surface area contributed by atoms with E-state index in [0.717, 1.165) is 6.07 Å². The first kappa shape index (κ1) is 23.5. The summed E-state index contributed by atoms with van der Waals surface area (Å²) in [6, 6.07) is 6.66.